The topological polar surface area (TPSA) is 72.8 Å². The Morgan fingerprint density at radius 3 is 2.59 bits per heavy atom. The van der Waals surface area contributed by atoms with Crippen molar-refractivity contribution in [1.82, 2.24) is 0 Å². The van der Waals surface area contributed by atoms with Crippen LogP contribution in [0.15, 0.2) is 24.3 Å². The maximum Gasteiger partial charge on any atom is 0.346 e. The molecule has 17 heavy (non-hydrogen) atoms. The molecule has 0 radical (unpaired) electrons. The van der Waals surface area contributed by atoms with Gasteiger partial charge in [0.1, 0.15) is 5.75 Å². The quantitative estimate of drug-likeness (QED) is 0.781. The van der Waals surface area contributed by atoms with Crippen LogP contribution in [0.25, 0.3) is 0 Å². The van der Waals surface area contributed by atoms with E-state index in [1.54, 1.807) is 31.2 Å². The molecule has 0 aliphatic heterocycles. The molecule has 0 amide bonds. The van der Waals surface area contributed by atoms with Crippen LogP contribution in [0.1, 0.15) is 12.5 Å². The van der Waals surface area contributed by atoms with E-state index >= 15 is 0 Å². The van der Waals surface area contributed by atoms with Crippen molar-refractivity contribution in [1.29, 1.82) is 0 Å². The Kier molecular flexibility index (Phi) is 4.51. The third kappa shape index (κ3) is 3.79. The summed E-state index contributed by atoms with van der Waals surface area (Å²) in [5.74, 6) is -1.07. The Balaban J connectivity index is 2.83. The summed E-state index contributed by atoms with van der Waals surface area (Å²) in [6, 6.07) is 6.70. The van der Waals surface area contributed by atoms with Crippen LogP contribution in [0, 0.1) is 0 Å². The molecular formula is C12H14O5. The first-order valence-electron chi connectivity index (χ1n) is 5.08. The smallest absolute Gasteiger partial charge is 0.346 e. The molecule has 5 heteroatoms. The second-order valence-electron chi connectivity index (χ2n) is 3.46. The Morgan fingerprint density at radius 1 is 1.35 bits per heavy atom. The minimum absolute atomic E-state index is 0.149. The Morgan fingerprint density at radius 2 is 2.00 bits per heavy atom. The van der Waals surface area contributed by atoms with E-state index in [2.05, 4.69) is 4.74 Å². The molecule has 0 aromatic heterocycles. The summed E-state index contributed by atoms with van der Waals surface area (Å²) >= 11 is 0. The first kappa shape index (κ1) is 13.0. The summed E-state index contributed by atoms with van der Waals surface area (Å²) in [7, 11) is 1.27. The second-order valence-corrected chi connectivity index (χ2v) is 3.46. The fourth-order valence-electron chi connectivity index (χ4n) is 1.33. The van der Waals surface area contributed by atoms with Gasteiger partial charge in [0.2, 0.25) is 0 Å². The lowest BCUT2D eigenvalue weighted by molar-refractivity contribution is -0.147. The number of carbonyl (C=O) groups is 2. The van der Waals surface area contributed by atoms with E-state index in [9.17, 15) is 9.59 Å². The highest BCUT2D eigenvalue weighted by molar-refractivity contribution is 5.75. The molecular weight excluding hydrogens is 224 g/mol. The molecule has 1 rings (SSSR count). The fraction of sp³-hybridized carbons (Fsp3) is 0.333. The van der Waals surface area contributed by atoms with Crippen molar-refractivity contribution in [3.05, 3.63) is 29.8 Å². The number of hydrogen-bond donors (Lipinski definition) is 1. The SMILES string of the molecule is COC(=O)C(C)Oc1ccccc1CC(=O)O. The van der Waals surface area contributed by atoms with Gasteiger partial charge in [-0.2, -0.15) is 0 Å². The van der Waals surface area contributed by atoms with Crippen molar-refractivity contribution in [3.63, 3.8) is 0 Å². The molecule has 0 heterocycles. The van der Waals surface area contributed by atoms with Crippen molar-refractivity contribution in [3.8, 4) is 5.75 Å². The van der Waals surface area contributed by atoms with E-state index in [0.717, 1.165) is 0 Å². The zero-order valence-electron chi connectivity index (χ0n) is 9.67. The maximum atomic E-state index is 11.2. The minimum atomic E-state index is -0.952. The van der Waals surface area contributed by atoms with Gasteiger partial charge in [0.25, 0.3) is 0 Å². The van der Waals surface area contributed by atoms with Gasteiger partial charge >= 0.3 is 11.9 Å². The largest absolute Gasteiger partial charge is 0.481 e. The molecule has 0 aliphatic carbocycles. The van der Waals surface area contributed by atoms with Gasteiger partial charge in [-0.15, -0.1) is 0 Å². The lowest BCUT2D eigenvalue weighted by atomic mass is 10.1. The minimum Gasteiger partial charge on any atom is -0.481 e. The van der Waals surface area contributed by atoms with Crippen LogP contribution in [-0.2, 0) is 20.7 Å². The lowest BCUT2D eigenvalue weighted by Crippen LogP contribution is -2.25. The standard InChI is InChI=1S/C12H14O5/c1-8(12(15)16-2)17-10-6-4-3-5-9(10)7-11(13)14/h3-6,8H,7H2,1-2H3,(H,13,14). The van der Waals surface area contributed by atoms with E-state index < -0.39 is 18.0 Å². The number of hydrogen-bond acceptors (Lipinski definition) is 4. The van der Waals surface area contributed by atoms with E-state index in [1.807, 2.05) is 0 Å². The highest BCUT2D eigenvalue weighted by Gasteiger charge is 2.17. The Hall–Kier alpha value is -2.04. The molecule has 0 saturated heterocycles. The van der Waals surface area contributed by atoms with Crippen LogP contribution in [0.2, 0.25) is 0 Å². The number of carboxylic acids is 1. The van der Waals surface area contributed by atoms with E-state index in [0.29, 0.717) is 11.3 Å². The van der Waals surface area contributed by atoms with Gasteiger partial charge in [0.05, 0.1) is 13.5 Å². The predicted molar refractivity (Wildman–Crippen MR) is 59.9 cm³/mol. The number of carbonyl (C=O) groups excluding carboxylic acids is 1. The number of para-hydroxylation sites is 1. The first-order chi connectivity index (χ1) is 8.04. The molecule has 1 N–H and O–H groups in total. The summed E-state index contributed by atoms with van der Waals surface area (Å²) in [6.45, 7) is 1.55. The molecule has 0 aliphatic rings. The number of carboxylic acid groups (broad SMARTS) is 1. The molecule has 1 unspecified atom stereocenters. The average molecular weight is 238 g/mol. The number of aliphatic carboxylic acids is 1. The summed E-state index contributed by atoms with van der Waals surface area (Å²) in [5.41, 5.74) is 0.524. The number of methoxy groups -OCH3 is 1. The van der Waals surface area contributed by atoms with Crippen LogP contribution in [0.3, 0.4) is 0 Å². The van der Waals surface area contributed by atoms with Crippen molar-refractivity contribution < 1.29 is 24.2 Å². The van der Waals surface area contributed by atoms with Crippen molar-refractivity contribution in [2.45, 2.75) is 19.4 Å². The number of benzene rings is 1. The molecule has 1 atom stereocenters. The monoisotopic (exact) mass is 238 g/mol. The van der Waals surface area contributed by atoms with Gasteiger partial charge in [-0.05, 0) is 13.0 Å². The second kappa shape index (κ2) is 5.89. The molecule has 0 saturated carbocycles. The van der Waals surface area contributed by atoms with E-state index in [4.69, 9.17) is 9.84 Å². The first-order valence-corrected chi connectivity index (χ1v) is 5.08. The molecule has 0 spiro atoms. The molecule has 1 aromatic carbocycles. The van der Waals surface area contributed by atoms with Gasteiger partial charge in [-0.1, -0.05) is 18.2 Å². The molecule has 0 fully saturated rings. The van der Waals surface area contributed by atoms with Gasteiger partial charge in [-0.25, -0.2) is 4.79 Å². The zero-order valence-corrected chi connectivity index (χ0v) is 9.67. The third-order valence-corrected chi connectivity index (χ3v) is 2.15. The summed E-state index contributed by atoms with van der Waals surface area (Å²) < 4.78 is 9.89. The molecule has 1 aromatic rings. The van der Waals surface area contributed by atoms with Crippen LogP contribution >= 0.6 is 0 Å². The van der Waals surface area contributed by atoms with Gasteiger partial charge < -0.3 is 14.6 Å². The number of esters is 1. The van der Waals surface area contributed by atoms with Crippen LogP contribution in [0.4, 0.5) is 0 Å². The fourth-order valence-corrected chi connectivity index (χ4v) is 1.33. The molecule has 92 valence electrons. The van der Waals surface area contributed by atoms with E-state index in [1.165, 1.54) is 7.11 Å². The van der Waals surface area contributed by atoms with Crippen molar-refractivity contribution in [2.75, 3.05) is 7.11 Å². The normalized spacial score (nSPS) is 11.6. The lowest BCUT2D eigenvalue weighted by Gasteiger charge is -2.14. The summed E-state index contributed by atoms with van der Waals surface area (Å²) in [5, 5.41) is 8.73. The maximum absolute atomic E-state index is 11.2. The van der Waals surface area contributed by atoms with Crippen molar-refractivity contribution in [2.24, 2.45) is 0 Å². The third-order valence-electron chi connectivity index (χ3n) is 2.15. The van der Waals surface area contributed by atoms with Crippen LogP contribution < -0.4 is 4.74 Å². The molecule has 0 bridgehead atoms. The zero-order chi connectivity index (χ0) is 12.8. The van der Waals surface area contributed by atoms with Crippen LogP contribution in [-0.4, -0.2) is 30.3 Å². The molecule has 5 nitrogen and oxygen atoms in total. The Bertz CT molecular complexity index is 413. The van der Waals surface area contributed by atoms with Gasteiger partial charge in [0.15, 0.2) is 6.10 Å². The summed E-state index contributed by atoms with van der Waals surface area (Å²) in [4.78, 5) is 21.8. The average Bonchev–Trinajstić information content (AvgIpc) is 2.29. The van der Waals surface area contributed by atoms with Gasteiger partial charge in [0, 0.05) is 5.56 Å². The van der Waals surface area contributed by atoms with Crippen LogP contribution in [0.5, 0.6) is 5.75 Å². The highest BCUT2D eigenvalue weighted by Crippen LogP contribution is 2.20. The highest BCUT2D eigenvalue weighted by atomic mass is 16.6. The number of ether oxygens (including phenoxy) is 2. The van der Waals surface area contributed by atoms with Gasteiger partial charge in [-0.3, -0.25) is 4.79 Å². The van der Waals surface area contributed by atoms with E-state index in [-0.39, 0.29) is 6.42 Å². The van der Waals surface area contributed by atoms with Crippen molar-refractivity contribution >= 4 is 11.9 Å². The Labute approximate surface area is 99.0 Å². The number of rotatable bonds is 5. The summed E-state index contributed by atoms with van der Waals surface area (Å²) in [6.07, 6.45) is -0.917. The predicted octanol–water partition coefficient (Wildman–Crippen LogP) is 1.25.